The zero-order valence-electron chi connectivity index (χ0n) is 7.54. The van der Waals surface area contributed by atoms with Gasteiger partial charge in [-0.1, -0.05) is 6.42 Å². The van der Waals surface area contributed by atoms with Crippen molar-refractivity contribution in [3.63, 3.8) is 0 Å². The van der Waals surface area contributed by atoms with Crippen LogP contribution in [0.15, 0.2) is 0 Å². The molecule has 2 atom stereocenters. The fraction of sp³-hybridized carbons (Fsp3) is 1.00. The van der Waals surface area contributed by atoms with Crippen LogP contribution in [0.5, 0.6) is 0 Å². The molecule has 2 heteroatoms. The number of hydrogen-bond acceptors (Lipinski definition) is 2. The minimum absolute atomic E-state index is 0.00639. The maximum Gasteiger partial charge on any atom is 0.0571 e. The molecule has 1 aliphatic heterocycles. The number of rotatable bonds is 1. The van der Waals surface area contributed by atoms with Crippen molar-refractivity contribution in [2.24, 2.45) is 11.8 Å². The van der Waals surface area contributed by atoms with Gasteiger partial charge in [0.15, 0.2) is 0 Å². The van der Waals surface area contributed by atoms with Gasteiger partial charge in [-0.25, -0.2) is 0 Å². The van der Waals surface area contributed by atoms with Crippen molar-refractivity contribution in [2.75, 3.05) is 13.2 Å². The lowest BCUT2D eigenvalue weighted by atomic mass is 9.84. The summed E-state index contributed by atoms with van der Waals surface area (Å²) in [6, 6.07) is 0. The summed E-state index contributed by atoms with van der Waals surface area (Å²) < 4.78 is 5.31. The smallest absolute Gasteiger partial charge is 0.0571 e. The largest absolute Gasteiger partial charge is 0.393 e. The highest BCUT2D eigenvalue weighted by Crippen LogP contribution is 2.36. The number of aliphatic hydroxyl groups excluding tert-OH is 1. The lowest BCUT2D eigenvalue weighted by Crippen LogP contribution is -2.28. The molecule has 0 aromatic rings. The molecule has 1 saturated heterocycles. The van der Waals surface area contributed by atoms with Crippen molar-refractivity contribution in [3.05, 3.63) is 0 Å². The Labute approximate surface area is 73.9 Å². The van der Waals surface area contributed by atoms with Crippen molar-refractivity contribution in [2.45, 2.75) is 38.2 Å². The van der Waals surface area contributed by atoms with Crippen molar-refractivity contribution < 1.29 is 9.84 Å². The minimum atomic E-state index is -0.00639. The summed E-state index contributed by atoms with van der Waals surface area (Å²) >= 11 is 0. The summed E-state index contributed by atoms with van der Waals surface area (Å²) in [5.41, 5.74) is 0. The molecule has 2 rings (SSSR count). The average Bonchev–Trinajstić information content (AvgIpc) is 2.53. The highest BCUT2D eigenvalue weighted by atomic mass is 16.5. The third-order valence-corrected chi connectivity index (χ3v) is 3.40. The molecule has 0 amide bonds. The van der Waals surface area contributed by atoms with Gasteiger partial charge in [0.2, 0.25) is 0 Å². The molecule has 2 nitrogen and oxygen atoms in total. The van der Waals surface area contributed by atoms with Crippen LogP contribution in [0.1, 0.15) is 32.1 Å². The molecule has 0 radical (unpaired) electrons. The lowest BCUT2D eigenvalue weighted by Gasteiger charge is -2.29. The van der Waals surface area contributed by atoms with Crippen LogP contribution in [-0.4, -0.2) is 24.4 Å². The highest BCUT2D eigenvalue weighted by Gasteiger charge is 2.32. The summed E-state index contributed by atoms with van der Waals surface area (Å²) in [5, 5.41) is 9.70. The van der Waals surface area contributed by atoms with Gasteiger partial charge >= 0.3 is 0 Å². The molecule has 70 valence electrons. The van der Waals surface area contributed by atoms with Crippen molar-refractivity contribution in [3.8, 4) is 0 Å². The monoisotopic (exact) mass is 170 g/mol. The molecule has 1 heterocycles. The summed E-state index contributed by atoms with van der Waals surface area (Å²) in [4.78, 5) is 0. The summed E-state index contributed by atoms with van der Waals surface area (Å²) in [6.07, 6.45) is 5.83. The Bertz CT molecular complexity index is 141. The molecule has 1 aliphatic carbocycles. The second kappa shape index (κ2) is 3.75. The Kier molecular flexibility index (Phi) is 2.66. The second-order valence-electron chi connectivity index (χ2n) is 4.11. The molecular weight excluding hydrogens is 152 g/mol. The average molecular weight is 170 g/mol. The molecule has 0 spiro atoms. The third-order valence-electron chi connectivity index (χ3n) is 3.40. The molecule has 0 aromatic heterocycles. The second-order valence-corrected chi connectivity index (χ2v) is 4.11. The van der Waals surface area contributed by atoms with E-state index in [9.17, 15) is 5.11 Å². The van der Waals surface area contributed by atoms with E-state index in [0.29, 0.717) is 5.92 Å². The van der Waals surface area contributed by atoms with Crippen LogP contribution in [0, 0.1) is 11.8 Å². The van der Waals surface area contributed by atoms with Gasteiger partial charge in [0.1, 0.15) is 0 Å². The van der Waals surface area contributed by atoms with E-state index in [1.165, 1.54) is 25.7 Å². The Morgan fingerprint density at radius 1 is 1.00 bits per heavy atom. The van der Waals surface area contributed by atoms with Crippen molar-refractivity contribution in [1.82, 2.24) is 0 Å². The standard InChI is InChI=1S/C10H18O2/c11-10-3-1-2-9(10)8-4-6-12-7-5-8/h8-11H,1-7H2/t9-,10+/m0/s1. The van der Waals surface area contributed by atoms with Gasteiger partial charge in [0.25, 0.3) is 0 Å². The predicted molar refractivity (Wildman–Crippen MR) is 46.9 cm³/mol. The fourth-order valence-electron chi connectivity index (χ4n) is 2.66. The molecule has 0 bridgehead atoms. The van der Waals surface area contributed by atoms with Gasteiger partial charge in [-0.05, 0) is 37.5 Å². The van der Waals surface area contributed by atoms with E-state index in [1.54, 1.807) is 0 Å². The first-order valence-electron chi connectivity index (χ1n) is 5.14. The Morgan fingerprint density at radius 2 is 1.75 bits per heavy atom. The molecular formula is C10H18O2. The van der Waals surface area contributed by atoms with Gasteiger partial charge in [0, 0.05) is 13.2 Å². The Hall–Kier alpha value is -0.0800. The molecule has 2 fully saturated rings. The first-order valence-corrected chi connectivity index (χ1v) is 5.14. The van der Waals surface area contributed by atoms with E-state index in [1.807, 2.05) is 0 Å². The van der Waals surface area contributed by atoms with Crippen molar-refractivity contribution in [1.29, 1.82) is 0 Å². The molecule has 12 heavy (non-hydrogen) atoms. The minimum Gasteiger partial charge on any atom is -0.393 e. The summed E-state index contributed by atoms with van der Waals surface area (Å²) in [6.45, 7) is 1.82. The first-order chi connectivity index (χ1) is 5.88. The maximum atomic E-state index is 9.70. The third kappa shape index (κ3) is 1.64. The first kappa shape index (κ1) is 8.52. The quantitative estimate of drug-likeness (QED) is 0.647. The van der Waals surface area contributed by atoms with Crippen molar-refractivity contribution >= 4 is 0 Å². The highest BCUT2D eigenvalue weighted by molar-refractivity contribution is 4.83. The summed E-state index contributed by atoms with van der Waals surface area (Å²) in [5.74, 6) is 1.34. The van der Waals surface area contributed by atoms with E-state index in [4.69, 9.17) is 4.74 Å². The predicted octanol–water partition coefficient (Wildman–Crippen LogP) is 1.57. The molecule has 0 unspecified atom stereocenters. The van der Waals surface area contributed by atoms with Gasteiger partial charge in [-0.15, -0.1) is 0 Å². The van der Waals surface area contributed by atoms with Crippen LogP contribution in [0.3, 0.4) is 0 Å². The molecule has 2 aliphatic rings. The van der Waals surface area contributed by atoms with Gasteiger partial charge < -0.3 is 9.84 Å². The van der Waals surface area contributed by atoms with Crippen LogP contribution in [-0.2, 0) is 4.74 Å². The van der Waals surface area contributed by atoms with E-state index in [-0.39, 0.29) is 6.10 Å². The Balaban J connectivity index is 1.89. The van der Waals surface area contributed by atoms with Gasteiger partial charge in [0.05, 0.1) is 6.10 Å². The molecule has 1 saturated carbocycles. The zero-order valence-corrected chi connectivity index (χ0v) is 7.54. The normalized spacial score (nSPS) is 38.8. The van der Waals surface area contributed by atoms with Crippen LogP contribution < -0.4 is 0 Å². The van der Waals surface area contributed by atoms with E-state index >= 15 is 0 Å². The van der Waals surface area contributed by atoms with Crippen LogP contribution in [0.25, 0.3) is 0 Å². The van der Waals surface area contributed by atoms with E-state index in [2.05, 4.69) is 0 Å². The lowest BCUT2D eigenvalue weighted by molar-refractivity contribution is 0.0165. The number of hydrogen-bond donors (Lipinski definition) is 1. The number of ether oxygens (including phenoxy) is 1. The van der Waals surface area contributed by atoms with Crippen LogP contribution >= 0.6 is 0 Å². The topological polar surface area (TPSA) is 29.5 Å². The zero-order chi connectivity index (χ0) is 8.39. The van der Waals surface area contributed by atoms with Crippen LogP contribution in [0.4, 0.5) is 0 Å². The van der Waals surface area contributed by atoms with Crippen LogP contribution in [0.2, 0.25) is 0 Å². The number of aliphatic hydroxyl groups is 1. The van der Waals surface area contributed by atoms with Gasteiger partial charge in [-0.3, -0.25) is 0 Å². The summed E-state index contributed by atoms with van der Waals surface area (Å²) in [7, 11) is 0. The fourth-order valence-corrected chi connectivity index (χ4v) is 2.66. The molecule has 1 N–H and O–H groups in total. The van der Waals surface area contributed by atoms with Gasteiger partial charge in [-0.2, -0.15) is 0 Å². The van der Waals surface area contributed by atoms with E-state index in [0.717, 1.165) is 25.6 Å². The molecule has 0 aromatic carbocycles. The van der Waals surface area contributed by atoms with E-state index < -0.39 is 0 Å². The SMILES string of the molecule is O[C@@H]1CCC[C@H]1C1CCOCC1. The Morgan fingerprint density at radius 3 is 2.33 bits per heavy atom. The maximum absolute atomic E-state index is 9.70.